The fourth-order valence-corrected chi connectivity index (χ4v) is 0.577. The maximum atomic E-state index is 12.2. The van der Waals surface area contributed by atoms with Crippen molar-refractivity contribution in [1.29, 1.82) is 0 Å². The molecule has 0 fully saturated rings. The summed E-state index contributed by atoms with van der Waals surface area (Å²) in [6.45, 7) is 0. The lowest BCUT2D eigenvalue weighted by Crippen LogP contribution is -2.16. The van der Waals surface area contributed by atoms with Crippen LogP contribution in [0.2, 0.25) is 0 Å². The molecule has 1 aliphatic carbocycles. The zero-order chi connectivity index (χ0) is 6.91. The highest BCUT2D eigenvalue weighted by molar-refractivity contribution is 5.19. The van der Waals surface area contributed by atoms with E-state index in [0.717, 1.165) is 12.2 Å². The Morgan fingerprint density at radius 1 is 1.67 bits per heavy atom. The summed E-state index contributed by atoms with van der Waals surface area (Å²) in [5.41, 5.74) is 0. The van der Waals surface area contributed by atoms with Gasteiger partial charge in [0, 0.05) is 6.42 Å². The van der Waals surface area contributed by atoms with Crippen LogP contribution in [-0.2, 0) is 5.11 Å². The average Bonchev–Trinajstić information content (AvgIpc) is 1.78. The zero-order valence-electron chi connectivity index (χ0n) is 4.60. The Labute approximate surface area is 51.3 Å². The second-order valence-electron chi connectivity index (χ2n) is 1.91. The largest absolute Gasteiger partial charge is 0.263 e. The Hall–Kier alpha value is -0.700. The fourth-order valence-electron chi connectivity index (χ4n) is 0.577. The van der Waals surface area contributed by atoms with E-state index in [9.17, 15) is 13.9 Å². The van der Waals surface area contributed by atoms with Crippen LogP contribution < -0.4 is 0 Å². The maximum Gasteiger partial charge on any atom is 0.263 e. The first-order chi connectivity index (χ1) is 4.10. The number of hydrogen-bond acceptors (Lipinski definition) is 0. The molecule has 0 aromatic heterocycles. The first kappa shape index (κ1) is 6.42. The highest BCUT2D eigenvalue weighted by Crippen LogP contribution is 2.22. The van der Waals surface area contributed by atoms with Crippen molar-refractivity contribution in [2.75, 3.05) is 0 Å². The molecule has 1 aliphatic rings. The van der Waals surface area contributed by atoms with Crippen LogP contribution >= 0.6 is 0 Å². The van der Waals surface area contributed by atoms with Gasteiger partial charge in [0.2, 0.25) is 0 Å². The van der Waals surface area contributed by atoms with Crippen molar-refractivity contribution in [2.45, 2.75) is 12.3 Å². The molecule has 9 heavy (non-hydrogen) atoms. The van der Waals surface area contributed by atoms with Crippen LogP contribution in [0.3, 0.4) is 0 Å². The van der Waals surface area contributed by atoms with Gasteiger partial charge in [-0.3, -0.25) is 0 Å². The van der Waals surface area contributed by atoms with Crippen LogP contribution in [0.25, 0.3) is 0 Å². The van der Waals surface area contributed by atoms with Gasteiger partial charge in [-0.1, -0.05) is 0 Å². The van der Waals surface area contributed by atoms with Gasteiger partial charge in [-0.2, -0.15) is 5.11 Å². The van der Waals surface area contributed by atoms with E-state index in [4.69, 9.17) is 0 Å². The molecule has 0 aromatic rings. The molecule has 0 N–H and O–H groups in total. The molecule has 3 heteroatoms. The van der Waals surface area contributed by atoms with E-state index >= 15 is 0 Å². The van der Waals surface area contributed by atoms with Crippen LogP contribution in [0.5, 0.6) is 0 Å². The first-order valence-corrected chi connectivity index (χ1v) is 2.54. The van der Waals surface area contributed by atoms with Gasteiger partial charge in [-0.15, -0.1) is 0 Å². The Kier molecular flexibility index (Phi) is 1.37. The number of rotatable bonds is 0. The highest BCUT2D eigenvalue weighted by Gasteiger charge is 2.25. The third-order valence-electron chi connectivity index (χ3n) is 1.07. The summed E-state index contributed by atoms with van der Waals surface area (Å²) >= 11 is 0. The number of allylic oxidation sites excluding steroid dienone is 2. The molecule has 1 radical (unpaired) electrons. The molecule has 0 bridgehead atoms. The van der Waals surface area contributed by atoms with Crippen molar-refractivity contribution < 1.29 is 13.9 Å². The van der Waals surface area contributed by atoms with Crippen molar-refractivity contribution in [3.05, 3.63) is 24.1 Å². The van der Waals surface area contributed by atoms with Gasteiger partial charge in [-0.05, 0) is 18.2 Å². The number of halogens is 2. The van der Waals surface area contributed by atoms with Crippen LogP contribution in [0.4, 0.5) is 8.78 Å². The van der Waals surface area contributed by atoms with Crippen molar-refractivity contribution in [1.82, 2.24) is 0 Å². The lowest BCUT2D eigenvalue weighted by atomic mass is 10.1. The third kappa shape index (κ3) is 1.61. The summed E-state index contributed by atoms with van der Waals surface area (Å²) in [6, 6.07) is 0. The Bertz CT molecular complexity index is 170. The zero-order valence-corrected chi connectivity index (χ0v) is 4.60. The van der Waals surface area contributed by atoms with Crippen molar-refractivity contribution in [3.8, 4) is 0 Å². The Morgan fingerprint density at radius 3 is 2.67 bits per heavy atom. The van der Waals surface area contributed by atoms with Gasteiger partial charge in [-0.25, -0.2) is 8.78 Å². The summed E-state index contributed by atoms with van der Waals surface area (Å²) < 4.78 is 24.2. The van der Waals surface area contributed by atoms with Gasteiger partial charge in [0.25, 0.3) is 5.85 Å². The van der Waals surface area contributed by atoms with E-state index in [1.54, 1.807) is 0 Å². The van der Waals surface area contributed by atoms with E-state index in [0.29, 0.717) is 6.08 Å². The summed E-state index contributed by atoms with van der Waals surface area (Å²) in [7, 11) is 0. The topological polar surface area (TPSA) is 19.9 Å². The van der Waals surface area contributed by atoms with E-state index in [1.165, 1.54) is 0 Å². The third-order valence-corrected chi connectivity index (χ3v) is 1.07. The molecule has 0 aliphatic heterocycles. The van der Waals surface area contributed by atoms with E-state index in [1.807, 2.05) is 0 Å². The molecule has 1 nitrogen and oxygen atoms in total. The normalized spacial score (nSPS) is 34.3. The second kappa shape index (κ2) is 1.92. The van der Waals surface area contributed by atoms with E-state index in [2.05, 4.69) is 0 Å². The van der Waals surface area contributed by atoms with Crippen molar-refractivity contribution >= 4 is 0 Å². The van der Waals surface area contributed by atoms with Gasteiger partial charge in [0.1, 0.15) is 5.83 Å². The minimum atomic E-state index is -2.59. The molecule has 0 saturated heterocycles. The van der Waals surface area contributed by atoms with Gasteiger partial charge in [0.15, 0.2) is 0 Å². The quantitative estimate of drug-likeness (QED) is 0.478. The van der Waals surface area contributed by atoms with Crippen LogP contribution in [-0.4, -0.2) is 5.85 Å². The second-order valence-corrected chi connectivity index (χ2v) is 1.91. The average molecular weight is 131 g/mol. The molecule has 0 heterocycles. The lowest BCUT2D eigenvalue weighted by Gasteiger charge is -2.11. The molecule has 1 rings (SSSR count). The lowest BCUT2D eigenvalue weighted by molar-refractivity contribution is -0.0971. The minimum absolute atomic E-state index is 0.407. The van der Waals surface area contributed by atoms with Gasteiger partial charge >= 0.3 is 0 Å². The van der Waals surface area contributed by atoms with E-state index < -0.39 is 18.1 Å². The van der Waals surface area contributed by atoms with Crippen LogP contribution in [0, 0.1) is 0 Å². The van der Waals surface area contributed by atoms with Crippen molar-refractivity contribution in [2.24, 2.45) is 0 Å². The first-order valence-electron chi connectivity index (χ1n) is 2.54. The summed E-state index contributed by atoms with van der Waals surface area (Å²) in [4.78, 5) is 0. The van der Waals surface area contributed by atoms with E-state index in [-0.39, 0.29) is 0 Å². The fraction of sp³-hybridized carbons (Fsp3) is 0.333. The molecule has 0 aromatic carbocycles. The Balaban J connectivity index is 2.70. The minimum Gasteiger partial charge on any atom is -0.207 e. The predicted octanol–water partition coefficient (Wildman–Crippen LogP) is 1.90. The summed E-state index contributed by atoms with van der Waals surface area (Å²) in [6.07, 6.45) is 2.06. The van der Waals surface area contributed by atoms with Gasteiger partial charge in [0.05, 0.1) is 0 Å². The van der Waals surface area contributed by atoms with Crippen LogP contribution in [0.15, 0.2) is 24.1 Å². The highest BCUT2D eigenvalue weighted by atomic mass is 19.2. The van der Waals surface area contributed by atoms with Crippen LogP contribution in [0.1, 0.15) is 6.42 Å². The van der Waals surface area contributed by atoms with Crippen molar-refractivity contribution in [3.63, 3.8) is 0 Å². The molecule has 0 amide bonds. The molecule has 0 saturated carbocycles. The Morgan fingerprint density at radius 2 is 2.33 bits per heavy atom. The molecule has 1 atom stereocenters. The molecular weight excluding hydrogens is 126 g/mol. The number of alkyl halides is 1. The molecule has 49 valence electrons. The monoisotopic (exact) mass is 131 g/mol. The molecule has 0 spiro atoms. The standard InChI is InChI=1S/C6H5F2O/c7-5-1-3-6(8,9)4-2-5/h1-3H,4H2. The SMILES string of the molecule is [O]C1(F)C=CC(F)=CC1. The predicted molar refractivity (Wildman–Crippen MR) is 27.5 cm³/mol. The molecule has 1 unspecified atom stereocenters. The smallest absolute Gasteiger partial charge is 0.207 e. The number of hydrogen-bond donors (Lipinski definition) is 0. The maximum absolute atomic E-state index is 12.2. The summed E-state index contributed by atoms with van der Waals surface area (Å²) in [5, 5.41) is 10.3. The molecular formula is C6H5F2O. The van der Waals surface area contributed by atoms with Gasteiger partial charge < -0.3 is 0 Å². The summed E-state index contributed by atoms with van der Waals surface area (Å²) in [5.74, 6) is -3.13.